The van der Waals surface area contributed by atoms with E-state index in [9.17, 15) is 9.59 Å². The fourth-order valence-electron chi connectivity index (χ4n) is 3.43. The van der Waals surface area contributed by atoms with E-state index < -0.39 is 12.2 Å². The van der Waals surface area contributed by atoms with Gasteiger partial charge in [-0.05, 0) is 55.7 Å². The molecule has 2 unspecified atom stereocenters. The first-order valence-electron chi connectivity index (χ1n) is 9.30. The van der Waals surface area contributed by atoms with E-state index in [0.717, 1.165) is 18.4 Å². The average molecular weight is 401 g/mol. The molecule has 1 N–H and O–H groups in total. The zero-order valence-corrected chi connectivity index (χ0v) is 16.2. The van der Waals surface area contributed by atoms with Gasteiger partial charge in [-0.25, -0.2) is 0 Å². The van der Waals surface area contributed by atoms with Crippen LogP contribution < -0.4 is 15.0 Å². The van der Waals surface area contributed by atoms with E-state index in [4.69, 9.17) is 21.1 Å². The Balaban J connectivity index is 1.60. The summed E-state index contributed by atoms with van der Waals surface area (Å²) < 4.78 is 11.2. The largest absolute Gasteiger partial charge is 0.479 e. The van der Waals surface area contributed by atoms with Gasteiger partial charge in [0, 0.05) is 17.3 Å². The van der Waals surface area contributed by atoms with Gasteiger partial charge in [0.1, 0.15) is 11.9 Å². The third-order valence-corrected chi connectivity index (χ3v) is 5.16. The maximum Gasteiger partial charge on any atom is 0.268 e. The predicted octanol–water partition coefficient (Wildman–Crippen LogP) is 3.77. The van der Waals surface area contributed by atoms with Gasteiger partial charge in [0.25, 0.3) is 11.8 Å². The number of anilines is 2. The van der Waals surface area contributed by atoms with E-state index >= 15 is 0 Å². The second-order valence-electron chi connectivity index (χ2n) is 6.98. The van der Waals surface area contributed by atoms with Crippen molar-refractivity contribution in [1.29, 1.82) is 0 Å². The molecule has 2 aromatic rings. The molecule has 28 heavy (non-hydrogen) atoms. The highest BCUT2D eigenvalue weighted by atomic mass is 35.5. The van der Waals surface area contributed by atoms with Crippen LogP contribution in [0, 0.1) is 0 Å². The van der Waals surface area contributed by atoms with Gasteiger partial charge in [-0.2, -0.15) is 0 Å². The van der Waals surface area contributed by atoms with Crippen LogP contribution in [-0.2, 0) is 20.9 Å². The molecular weight excluding hydrogens is 380 g/mol. The summed E-state index contributed by atoms with van der Waals surface area (Å²) in [6.07, 6.45) is 0.613. The molecule has 4 rings (SSSR count). The number of nitrogens with zero attached hydrogens (tertiary/aromatic N) is 1. The lowest BCUT2D eigenvalue weighted by atomic mass is 10.1. The number of hydrogen-bond acceptors (Lipinski definition) is 4. The predicted molar refractivity (Wildman–Crippen MR) is 107 cm³/mol. The molecule has 0 spiro atoms. The Kier molecular flexibility index (Phi) is 5.24. The maximum atomic E-state index is 12.8. The minimum Gasteiger partial charge on any atom is -0.479 e. The molecule has 7 heteroatoms. The molecule has 2 aliphatic rings. The summed E-state index contributed by atoms with van der Waals surface area (Å²) in [6.45, 7) is 2.73. The highest BCUT2D eigenvalue weighted by molar-refractivity contribution is 6.30. The van der Waals surface area contributed by atoms with Gasteiger partial charge in [-0.1, -0.05) is 23.7 Å². The Labute approximate surface area is 168 Å². The lowest BCUT2D eigenvalue weighted by Gasteiger charge is -2.33. The zero-order chi connectivity index (χ0) is 19.7. The number of benzene rings is 2. The van der Waals surface area contributed by atoms with Crippen molar-refractivity contribution in [1.82, 2.24) is 0 Å². The van der Waals surface area contributed by atoms with Crippen LogP contribution in [0.1, 0.15) is 25.3 Å². The third-order valence-electron chi connectivity index (χ3n) is 4.91. The molecule has 2 amide bonds. The lowest BCUT2D eigenvalue weighted by molar-refractivity contribution is -0.125. The van der Waals surface area contributed by atoms with Crippen molar-refractivity contribution in [3.8, 4) is 5.75 Å². The minimum atomic E-state index is -0.577. The van der Waals surface area contributed by atoms with Gasteiger partial charge >= 0.3 is 0 Å². The van der Waals surface area contributed by atoms with Crippen LogP contribution in [0.4, 0.5) is 11.4 Å². The number of nitrogens with one attached hydrogen (secondary N) is 1. The Morgan fingerprint density at radius 1 is 1.25 bits per heavy atom. The first-order valence-corrected chi connectivity index (χ1v) is 9.68. The van der Waals surface area contributed by atoms with Crippen molar-refractivity contribution in [2.24, 2.45) is 0 Å². The Morgan fingerprint density at radius 3 is 2.75 bits per heavy atom. The van der Waals surface area contributed by atoms with Gasteiger partial charge in [0.2, 0.25) is 0 Å². The molecule has 2 aliphatic heterocycles. The molecule has 1 saturated heterocycles. The van der Waals surface area contributed by atoms with Crippen molar-refractivity contribution in [2.45, 2.75) is 38.5 Å². The van der Waals surface area contributed by atoms with Gasteiger partial charge in [0.05, 0.1) is 12.2 Å². The van der Waals surface area contributed by atoms with Crippen molar-refractivity contribution in [2.75, 3.05) is 16.8 Å². The van der Waals surface area contributed by atoms with Gasteiger partial charge in [-0.15, -0.1) is 0 Å². The smallest absolute Gasteiger partial charge is 0.268 e. The molecule has 0 aliphatic carbocycles. The highest BCUT2D eigenvalue weighted by Crippen LogP contribution is 2.37. The molecule has 0 aromatic heterocycles. The molecule has 0 bridgehead atoms. The van der Waals surface area contributed by atoms with E-state index in [1.807, 2.05) is 12.1 Å². The van der Waals surface area contributed by atoms with E-state index in [1.165, 1.54) is 0 Å². The Hall–Kier alpha value is -2.57. The van der Waals surface area contributed by atoms with E-state index in [1.54, 1.807) is 42.2 Å². The van der Waals surface area contributed by atoms with Crippen LogP contribution in [0.2, 0.25) is 5.02 Å². The number of carbonyl (C=O) groups is 2. The fraction of sp³-hybridized carbons (Fsp3) is 0.333. The molecule has 1 fully saturated rings. The summed E-state index contributed by atoms with van der Waals surface area (Å²) in [7, 11) is 0. The van der Waals surface area contributed by atoms with Crippen LogP contribution in [0.25, 0.3) is 0 Å². The normalized spacial score (nSPS) is 21.2. The van der Waals surface area contributed by atoms with E-state index in [2.05, 4.69) is 5.32 Å². The van der Waals surface area contributed by atoms with Crippen LogP contribution in [-0.4, -0.2) is 30.6 Å². The number of amides is 2. The first kappa shape index (κ1) is 18.8. The molecule has 2 atom stereocenters. The maximum absolute atomic E-state index is 12.8. The Morgan fingerprint density at radius 2 is 2.04 bits per heavy atom. The Bertz CT molecular complexity index is 894. The van der Waals surface area contributed by atoms with E-state index in [-0.39, 0.29) is 11.8 Å². The van der Waals surface area contributed by atoms with Gasteiger partial charge in [0.15, 0.2) is 6.10 Å². The number of hydrogen-bond donors (Lipinski definition) is 1. The van der Waals surface area contributed by atoms with Crippen LogP contribution in [0.3, 0.4) is 0 Å². The van der Waals surface area contributed by atoms with E-state index in [0.29, 0.717) is 35.3 Å². The molecular formula is C21H21ClN2O4. The highest BCUT2D eigenvalue weighted by Gasteiger charge is 2.32. The van der Waals surface area contributed by atoms with Gasteiger partial charge < -0.3 is 19.7 Å². The van der Waals surface area contributed by atoms with Crippen molar-refractivity contribution in [3.63, 3.8) is 0 Å². The quantitative estimate of drug-likeness (QED) is 0.848. The van der Waals surface area contributed by atoms with Crippen LogP contribution >= 0.6 is 11.6 Å². The second kappa shape index (κ2) is 7.81. The van der Waals surface area contributed by atoms with Crippen molar-refractivity contribution in [3.05, 3.63) is 53.1 Å². The van der Waals surface area contributed by atoms with Crippen molar-refractivity contribution >= 4 is 34.8 Å². The summed E-state index contributed by atoms with van der Waals surface area (Å²) in [4.78, 5) is 26.8. The number of rotatable bonds is 4. The standard InChI is InChI=1S/C21H21ClN2O4/c1-13-21(26)24(12-14-4-6-15(22)7-5-14)17-11-16(8-9-18(17)28-13)23-20(25)19-3-2-10-27-19/h4-9,11,13,19H,2-3,10,12H2,1H3,(H,23,25). The SMILES string of the molecule is CC1Oc2ccc(NC(=O)C3CCCO3)cc2N(Cc2ccc(Cl)cc2)C1=O. The number of fused-ring (bicyclic) bond motifs is 1. The number of ether oxygens (including phenoxy) is 2. The summed E-state index contributed by atoms with van der Waals surface area (Å²) >= 11 is 5.96. The number of halogens is 1. The van der Waals surface area contributed by atoms with Crippen LogP contribution in [0.5, 0.6) is 5.75 Å². The topological polar surface area (TPSA) is 67.9 Å². The summed E-state index contributed by atoms with van der Waals surface area (Å²) in [5.74, 6) is 0.305. The monoisotopic (exact) mass is 400 g/mol. The first-order chi connectivity index (χ1) is 13.5. The zero-order valence-electron chi connectivity index (χ0n) is 15.5. The minimum absolute atomic E-state index is 0.134. The summed E-state index contributed by atoms with van der Waals surface area (Å²) in [6, 6.07) is 12.7. The lowest BCUT2D eigenvalue weighted by Crippen LogP contribution is -2.44. The average Bonchev–Trinajstić information content (AvgIpc) is 3.22. The number of carbonyl (C=O) groups excluding carboxylic acids is 2. The fourth-order valence-corrected chi connectivity index (χ4v) is 3.55. The molecule has 6 nitrogen and oxygen atoms in total. The molecule has 0 saturated carbocycles. The van der Waals surface area contributed by atoms with Crippen LogP contribution in [0.15, 0.2) is 42.5 Å². The second-order valence-corrected chi connectivity index (χ2v) is 7.42. The third kappa shape index (κ3) is 3.84. The summed E-state index contributed by atoms with van der Waals surface area (Å²) in [5, 5.41) is 3.52. The molecule has 0 radical (unpaired) electrons. The molecule has 2 heterocycles. The summed E-state index contributed by atoms with van der Waals surface area (Å²) in [5.41, 5.74) is 2.18. The molecule has 2 aromatic carbocycles. The van der Waals surface area contributed by atoms with Crippen molar-refractivity contribution < 1.29 is 19.1 Å². The molecule has 146 valence electrons. The van der Waals surface area contributed by atoms with Gasteiger partial charge in [-0.3, -0.25) is 9.59 Å².